The van der Waals surface area contributed by atoms with E-state index in [2.05, 4.69) is 35.5 Å². The van der Waals surface area contributed by atoms with Gasteiger partial charge >= 0.3 is 0 Å². The molecule has 0 bridgehead atoms. The summed E-state index contributed by atoms with van der Waals surface area (Å²) in [5, 5.41) is 0.882. The van der Waals surface area contributed by atoms with Crippen LogP contribution in [0.1, 0.15) is 13.8 Å². The lowest BCUT2D eigenvalue weighted by molar-refractivity contribution is 1.36. The van der Waals surface area contributed by atoms with Crippen LogP contribution in [0.15, 0.2) is 48.1 Å². The summed E-state index contributed by atoms with van der Waals surface area (Å²) < 4.78 is 0. The summed E-state index contributed by atoms with van der Waals surface area (Å²) in [6.07, 6.45) is 9.98. The van der Waals surface area contributed by atoms with Crippen molar-refractivity contribution in [2.24, 2.45) is 0 Å². The second-order valence-corrected chi connectivity index (χ2v) is 3.00. The third-order valence-corrected chi connectivity index (χ3v) is 2.11. The zero-order valence-corrected chi connectivity index (χ0v) is 9.26. The van der Waals surface area contributed by atoms with Crippen molar-refractivity contribution >= 4 is 15.9 Å². The lowest BCUT2D eigenvalue weighted by Gasteiger charge is -2.00. The van der Waals surface area contributed by atoms with Gasteiger partial charge in [0.25, 0.3) is 0 Å². The van der Waals surface area contributed by atoms with Gasteiger partial charge < -0.3 is 0 Å². The topological polar surface area (TPSA) is 0 Å². The van der Waals surface area contributed by atoms with E-state index in [-0.39, 0.29) is 0 Å². The summed E-state index contributed by atoms with van der Waals surface area (Å²) in [5.41, 5.74) is 2.54. The minimum atomic E-state index is 0.882. The van der Waals surface area contributed by atoms with Gasteiger partial charge in [-0.15, -0.1) is 0 Å². The Morgan fingerprint density at radius 1 is 1.42 bits per heavy atom. The molecule has 0 atom stereocenters. The molecule has 0 fully saturated rings. The molecule has 0 saturated heterocycles. The Balaban J connectivity index is 4.54. The van der Waals surface area contributed by atoms with Crippen molar-refractivity contribution in [2.75, 3.05) is 5.33 Å². The molecule has 0 aromatic carbocycles. The van der Waals surface area contributed by atoms with E-state index in [4.69, 9.17) is 0 Å². The molecule has 1 heteroatoms. The zero-order valence-electron chi connectivity index (χ0n) is 7.68. The summed E-state index contributed by atoms with van der Waals surface area (Å²) in [6, 6.07) is 0. The van der Waals surface area contributed by atoms with Crippen molar-refractivity contribution in [3.63, 3.8) is 0 Å². The van der Waals surface area contributed by atoms with Gasteiger partial charge in [0.2, 0.25) is 0 Å². The van der Waals surface area contributed by atoms with Crippen LogP contribution in [0.25, 0.3) is 0 Å². The maximum absolute atomic E-state index is 3.66. The van der Waals surface area contributed by atoms with Crippen LogP contribution in [0.3, 0.4) is 0 Å². The predicted molar refractivity (Wildman–Crippen MR) is 60.6 cm³/mol. The highest BCUT2D eigenvalue weighted by Gasteiger charge is 1.94. The number of allylic oxidation sites excluding steroid dienone is 7. The van der Waals surface area contributed by atoms with E-state index in [9.17, 15) is 0 Å². The Hall–Kier alpha value is -0.560. The van der Waals surface area contributed by atoms with Gasteiger partial charge in [-0.3, -0.25) is 0 Å². The smallest absolute Gasteiger partial charge is 0.0285 e. The molecule has 0 amide bonds. The van der Waals surface area contributed by atoms with E-state index in [1.54, 1.807) is 0 Å². The molecule has 0 rings (SSSR count). The molecule has 0 spiro atoms. The molecule has 0 aliphatic heterocycles. The first kappa shape index (κ1) is 11.4. The third kappa shape index (κ3) is 4.35. The summed E-state index contributed by atoms with van der Waals surface area (Å²) in [7, 11) is 0. The Morgan fingerprint density at radius 2 is 2.08 bits per heavy atom. The fourth-order valence-electron chi connectivity index (χ4n) is 0.778. The average molecular weight is 227 g/mol. The molecule has 0 aromatic rings. The second-order valence-electron chi connectivity index (χ2n) is 2.44. The van der Waals surface area contributed by atoms with Crippen LogP contribution < -0.4 is 0 Å². The van der Waals surface area contributed by atoms with Crippen molar-refractivity contribution < 1.29 is 0 Å². The summed E-state index contributed by atoms with van der Waals surface area (Å²) in [5.74, 6) is 0. The maximum Gasteiger partial charge on any atom is 0.0285 e. The predicted octanol–water partition coefficient (Wildman–Crippen LogP) is 4.02. The quantitative estimate of drug-likeness (QED) is 0.502. The standard InChI is InChI=1S/C11H15Br/c1-4-6-8-11(9-12)10(3)7-5-2/h4-8H,2,9H2,1,3H3/b6-4-,10-7-,11-8-. The first-order valence-electron chi connectivity index (χ1n) is 3.93. The van der Waals surface area contributed by atoms with Crippen LogP contribution in [0.2, 0.25) is 0 Å². The molecule has 12 heavy (non-hydrogen) atoms. The Bertz CT molecular complexity index is 219. The number of hydrogen-bond acceptors (Lipinski definition) is 0. The minimum Gasteiger partial charge on any atom is -0.0991 e. The van der Waals surface area contributed by atoms with Gasteiger partial charge in [0.15, 0.2) is 0 Å². The molecule has 0 aromatic heterocycles. The molecule has 0 radical (unpaired) electrons. The molecule has 0 N–H and O–H groups in total. The van der Waals surface area contributed by atoms with E-state index in [0.29, 0.717) is 0 Å². The molecule has 66 valence electrons. The summed E-state index contributed by atoms with van der Waals surface area (Å²) in [6.45, 7) is 7.75. The van der Waals surface area contributed by atoms with E-state index in [1.807, 2.05) is 31.2 Å². The van der Waals surface area contributed by atoms with Crippen molar-refractivity contribution in [3.05, 3.63) is 48.1 Å². The summed E-state index contributed by atoms with van der Waals surface area (Å²) in [4.78, 5) is 0. The van der Waals surface area contributed by atoms with Crippen LogP contribution >= 0.6 is 15.9 Å². The van der Waals surface area contributed by atoms with Crippen LogP contribution in [0, 0.1) is 0 Å². The van der Waals surface area contributed by atoms with Crippen LogP contribution in [-0.4, -0.2) is 5.33 Å². The summed E-state index contributed by atoms with van der Waals surface area (Å²) >= 11 is 3.44. The van der Waals surface area contributed by atoms with Gasteiger partial charge in [-0.25, -0.2) is 0 Å². The van der Waals surface area contributed by atoms with E-state index in [0.717, 1.165) is 5.33 Å². The number of rotatable bonds is 4. The molecule has 0 aliphatic rings. The molecule has 0 unspecified atom stereocenters. The lowest BCUT2D eigenvalue weighted by atomic mass is 10.1. The first-order chi connectivity index (χ1) is 5.76. The maximum atomic E-state index is 3.66. The second kappa shape index (κ2) is 7.11. The Morgan fingerprint density at radius 3 is 2.50 bits per heavy atom. The van der Waals surface area contributed by atoms with Gasteiger partial charge in [-0.2, -0.15) is 0 Å². The Labute approximate surface area is 83.5 Å². The van der Waals surface area contributed by atoms with Gasteiger partial charge in [-0.1, -0.05) is 52.9 Å². The van der Waals surface area contributed by atoms with Crippen molar-refractivity contribution in [1.82, 2.24) is 0 Å². The van der Waals surface area contributed by atoms with Crippen molar-refractivity contribution in [2.45, 2.75) is 13.8 Å². The third-order valence-electron chi connectivity index (χ3n) is 1.51. The highest BCUT2D eigenvalue weighted by atomic mass is 79.9. The fraction of sp³-hybridized carbons (Fsp3) is 0.273. The number of hydrogen-bond donors (Lipinski definition) is 0. The highest BCUT2D eigenvalue weighted by molar-refractivity contribution is 9.09. The monoisotopic (exact) mass is 226 g/mol. The highest BCUT2D eigenvalue weighted by Crippen LogP contribution is 2.12. The largest absolute Gasteiger partial charge is 0.0991 e. The van der Waals surface area contributed by atoms with E-state index < -0.39 is 0 Å². The van der Waals surface area contributed by atoms with E-state index >= 15 is 0 Å². The number of halogens is 1. The molecule has 0 heterocycles. The normalized spacial score (nSPS) is 13.9. The van der Waals surface area contributed by atoms with Crippen LogP contribution in [0.4, 0.5) is 0 Å². The fourth-order valence-corrected chi connectivity index (χ4v) is 1.41. The minimum absolute atomic E-state index is 0.882. The van der Waals surface area contributed by atoms with Crippen LogP contribution in [-0.2, 0) is 0 Å². The van der Waals surface area contributed by atoms with Crippen molar-refractivity contribution in [3.8, 4) is 0 Å². The van der Waals surface area contributed by atoms with Gasteiger partial charge in [0.1, 0.15) is 0 Å². The van der Waals surface area contributed by atoms with E-state index in [1.165, 1.54) is 11.1 Å². The molecule has 0 saturated carbocycles. The number of alkyl halides is 1. The van der Waals surface area contributed by atoms with Gasteiger partial charge in [0.05, 0.1) is 0 Å². The first-order valence-corrected chi connectivity index (χ1v) is 5.06. The molecular weight excluding hydrogens is 212 g/mol. The van der Waals surface area contributed by atoms with Gasteiger partial charge in [-0.05, 0) is 25.0 Å². The molecule has 0 aliphatic carbocycles. The zero-order chi connectivity index (χ0) is 9.40. The lowest BCUT2D eigenvalue weighted by Crippen LogP contribution is -1.85. The Kier molecular flexibility index (Phi) is 6.78. The molecular formula is C11H15Br. The van der Waals surface area contributed by atoms with Gasteiger partial charge in [0, 0.05) is 5.33 Å². The molecule has 0 nitrogen and oxygen atoms in total. The average Bonchev–Trinajstić information content (AvgIpc) is 2.06. The SMILES string of the molecule is C=C\C=C(C)/C(=C\C=C/C)CBr. The van der Waals surface area contributed by atoms with Crippen LogP contribution in [0.5, 0.6) is 0 Å². The van der Waals surface area contributed by atoms with Crippen molar-refractivity contribution in [1.29, 1.82) is 0 Å².